The number of hydrogen-bond donors (Lipinski definition) is 0. The molecular formula is C21H19FN2OS. The van der Waals surface area contributed by atoms with Crippen molar-refractivity contribution < 1.29 is 9.18 Å². The van der Waals surface area contributed by atoms with Crippen molar-refractivity contribution in [1.82, 2.24) is 9.88 Å². The van der Waals surface area contributed by atoms with E-state index in [1.54, 1.807) is 43.2 Å². The molecule has 0 saturated carbocycles. The summed E-state index contributed by atoms with van der Waals surface area (Å²) in [6.45, 7) is 0.239. The van der Waals surface area contributed by atoms with Crippen molar-refractivity contribution in [2.24, 2.45) is 0 Å². The summed E-state index contributed by atoms with van der Waals surface area (Å²) in [5, 5.41) is 0.970. The molecule has 1 aromatic heterocycles. The van der Waals surface area contributed by atoms with E-state index in [0.717, 1.165) is 16.3 Å². The maximum Gasteiger partial charge on any atom is 0.253 e. The average Bonchev–Trinajstić information content (AvgIpc) is 2.69. The first-order chi connectivity index (χ1) is 12.6. The van der Waals surface area contributed by atoms with Gasteiger partial charge in [0, 0.05) is 36.7 Å². The van der Waals surface area contributed by atoms with Crippen molar-refractivity contribution in [2.75, 3.05) is 7.05 Å². The molecule has 3 aromatic rings. The van der Waals surface area contributed by atoms with Gasteiger partial charge in [0.15, 0.2) is 0 Å². The summed E-state index contributed by atoms with van der Waals surface area (Å²) in [6, 6.07) is 19.8. The minimum Gasteiger partial charge on any atom is -0.337 e. The van der Waals surface area contributed by atoms with Crippen LogP contribution >= 0.6 is 11.8 Å². The van der Waals surface area contributed by atoms with Crippen LogP contribution in [-0.4, -0.2) is 22.8 Å². The molecule has 0 aliphatic heterocycles. The van der Waals surface area contributed by atoms with Gasteiger partial charge in [-0.3, -0.25) is 4.79 Å². The van der Waals surface area contributed by atoms with Crippen molar-refractivity contribution >= 4 is 17.7 Å². The van der Waals surface area contributed by atoms with Gasteiger partial charge in [0.1, 0.15) is 5.82 Å². The number of rotatable bonds is 6. The number of nitrogens with zero attached hydrogens (tertiary/aromatic N) is 2. The number of amides is 1. The van der Waals surface area contributed by atoms with E-state index >= 15 is 0 Å². The fourth-order valence-electron chi connectivity index (χ4n) is 2.51. The second-order valence-electron chi connectivity index (χ2n) is 5.91. The molecule has 0 aliphatic carbocycles. The van der Waals surface area contributed by atoms with Gasteiger partial charge >= 0.3 is 0 Å². The normalized spacial score (nSPS) is 10.5. The smallest absolute Gasteiger partial charge is 0.253 e. The Kier molecular flexibility index (Phi) is 6.02. The van der Waals surface area contributed by atoms with Gasteiger partial charge in [-0.15, -0.1) is 11.8 Å². The number of hydrogen-bond acceptors (Lipinski definition) is 3. The summed E-state index contributed by atoms with van der Waals surface area (Å²) in [5.41, 5.74) is 2.22. The third kappa shape index (κ3) is 4.70. The van der Waals surface area contributed by atoms with Gasteiger partial charge in [-0.1, -0.05) is 36.4 Å². The van der Waals surface area contributed by atoms with E-state index in [1.165, 1.54) is 11.0 Å². The number of thioether (sulfide) groups is 1. The van der Waals surface area contributed by atoms with E-state index in [2.05, 4.69) is 4.98 Å². The zero-order valence-corrected chi connectivity index (χ0v) is 15.2. The van der Waals surface area contributed by atoms with Crippen LogP contribution in [0.1, 0.15) is 21.5 Å². The average molecular weight is 366 g/mol. The number of carbonyl (C=O) groups is 1. The second-order valence-corrected chi connectivity index (χ2v) is 6.90. The van der Waals surface area contributed by atoms with Crippen LogP contribution in [0.4, 0.5) is 4.39 Å². The van der Waals surface area contributed by atoms with Crippen molar-refractivity contribution in [3.63, 3.8) is 0 Å². The fourth-order valence-corrected chi connectivity index (χ4v) is 3.32. The van der Waals surface area contributed by atoms with E-state index in [-0.39, 0.29) is 18.3 Å². The summed E-state index contributed by atoms with van der Waals surface area (Å²) in [4.78, 5) is 18.3. The first-order valence-electron chi connectivity index (χ1n) is 8.25. The van der Waals surface area contributed by atoms with Crippen LogP contribution in [0.3, 0.4) is 0 Å². The van der Waals surface area contributed by atoms with Gasteiger partial charge in [0.05, 0.1) is 5.03 Å². The maximum atomic E-state index is 13.7. The summed E-state index contributed by atoms with van der Waals surface area (Å²) >= 11 is 1.65. The van der Waals surface area contributed by atoms with E-state index in [0.29, 0.717) is 11.1 Å². The Hall–Kier alpha value is -2.66. The Labute approximate surface area is 156 Å². The third-order valence-corrected chi connectivity index (χ3v) is 4.95. The van der Waals surface area contributed by atoms with Crippen LogP contribution in [0, 0.1) is 5.82 Å². The molecule has 3 nitrogen and oxygen atoms in total. The molecule has 0 bridgehead atoms. The Bertz CT molecular complexity index is 869. The molecule has 132 valence electrons. The molecule has 1 amide bonds. The number of halogens is 1. The highest BCUT2D eigenvalue weighted by Crippen LogP contribution is 2.21. The minimum atomic E-state index is -0.297. The Morgan fingerprint density at radius 3 is 2.46 bits per heavy atom. The van der Waals surface area contributed by atoms with Gasteiger partial charge < -0.3 is 4.90 Å². The topological polar surface area (TPSA) is 33.2 Å². The molecule has 0 atom stereocenters. The van der Waals surface area contributed by atoms with E-state index in [4.69, 9.17) is 0 Å². The zero-order valence-electron chi connectivity index (χ0n) is 14.4. The second kappa shape index (κ2) is 8.63. The lowest BCUT2D eigenvalue weighted by Crippen LogP contribution is -2.26. The van der Waals surface area contributed by atoms with Crippen molar-refractivity contribution in [3.05, 3.63) is 95.4 Å². The van der Waals surface area contributed by atoms with Crippen molar-refractivity contribution in [3.8, 4) is 0 Å². The maximum absolute atomic E-state index is 13.7. The number of aromatic nitrogens is 1. The summed E-state index contributed by atoms with van der Waals surface area (Å²) in [7, 11) is 1.68. The Balaban J connectivity index is 1.60. The van der Waals surface area contributed by atoms with Crippen LogP contribution in [-0.2, 0) is 12.3 Å². The molecule has 26 heavy (non-hydrogen) atoms. The molecule has 0 unspecified atom stereocenters. The van der Waals surface area contributed by atoms with Gasteiger partial charge in [0.2, 0.25) is 0 Å². The molecule has 0 fully saturated rings. The highest BCUT2D eigenvalue weighted by atomic mass is 32.2. The number of pyridine rings is 1. The Morgan fingerprint density at radius 2 is 1.77 bits per heavy atom. The molecule has 0 N–H and O–H groups in total. The molecule has 0 radical (unpaired) electrons. The largest absolute Gasteiger partial charge is 0.337 e. The van der Waals surface area contributed by atoms with Crippen LogP contribution < -0.4 is 0 Å². The quantitative estimate of drug-likeness (QED) is 0.588. The highest BCUT2D eigenvalue weighted by Gasteiger charge is 2.13. The van der Waals surface area contributed by atoms with Gasteiger partial charge in [0.25, 0.3) is 5.91 Å². The van der Waals surface area contributed by atoms with Gasteiger partial charge in [-0.2, -0.15) is 0 Å². The predicted octanol–water partition coefficient (Wildman–Crippen LogP) is 4.79. The lowest BCUT2D eigenvalue weighted by atomic mass is 10.1. The summed E-state index contributed by atoms with van der Waals surface area (Å²) in [6.07, 6.45) is 1.77. The molecule has 5 heteroatoms. The molecule has 0 aliphatic rings. The molecule has 0 saturated heterocycles. The monoisotopic (exact) mass is 366 g/mol. The predicted molar refractivity (Wildman–Crippen MR) is 102 cm³/mol. The van der Waals surface area contributed by atoms with Crippen LogP contribution in [0.25, 0.3) is 0 Å². The number of benzene rings is 2. The molecule has 3 rings (SSSR count). The highest BCUT2D eigenvalue weighted by molar-refractivity contribution is 7.98. The molecular weight excluding hydrogens is 347 g/mol. The minimum absolute atomic E-state index is 0.128. The molecule has 0 spiro atoms. The van der Waals surface area contributed by atoms with Crippen molar-refractivity contribution in [2.45, 2.75) is 17.3 Å². The lowest BCUT2D eigenvalue weighted by Gasteiger charge is -2.18. The van der Waals surface area contributed by atoms with E-state index in [9.17, 15) is 9.18 Å². The lowest BCUT2D eigenvalue weighted by molar-refractivity contribution is 0.0784. The van der Waals surface area contributed by atoms with Crippen LogP contribution in [0.5, 0.6) is 0 Å². The standard InChI is InChI=1S/C21H19FN2OS/c1-24(14-18-6-2-3-7-19(18)22)21(25)17-11-9-16(10-12-17)15-26-20-8-4-5-13-23-20/h2-13H,14-15H2,1H3. The molecule has 2 aromatic carbocycles. The zero-order chi connectivity index (χ0) is 18.4. The van der Waals surface area contributed by atoms with E-state index in [1.807, 2.05) is 42.5 Å². The van der Waals surface area contributed by atoms with Crippen LogP contribution in [0.15, 0.2) is 78.0 Å². The number of carbonyl (C=O) groups excluding carboxylic acids is 1. The summed E-state index contributed by atoms with van der Waals surface area (Å²) < 4.78 is 13.7. The first-order valence-corrected chi connectivity index (χ1v) is 9.23. The van der Waals surface area contributed by atoms with Crippen molar-refractivity contribution in [1.29, 1.82) is 0 Å². The molecule has 1 heterocycles. The third-order valence-electron chi connectivity index (χ3n) is 3.94. The van der Waals surface area contributed by atoms with Crippen LogP contribution in [0.2, 0.25) is 0 Å². The van der Waals surface area contributed by atoms with E-state index < -0.39 is 0 Å². The summed E-state index contributed by atoms with van der Waals surface area (Å²) in [5.74, 6) is 0.363. The SMILES string of the molecule is CN(Cc1ccccc1F)C(=O)c1ccc(CSc2ccccn2)cc1. The Morgan fingerprint density at radius 1 is 1.04 bits per heavy atom. The first kappa shape index (κ1) is 18.1. The van der Waals surface area contributed by atoms with Gasteiger partial charge in [-0.25, -0.2) is 9.37 Å². The van der Waals surface area contributed by atoms with Gasteiger partial charge in [-0.05, 0) is 35.9 Å². The fraction of sp³-hybridized carbons (Fsp3) is 0.143.